The zero-order chi connectivity index (χ0) is 19.3. The van der Waals surface area contributed by atoms with Crippen LogP contribution in [0.3, 0.4) is 0 Å². The van der Waals surface area contributed by atoms with Gasteiger partial charge in [-0.25, -0.2) is 4.39 Å². The molecule has 4 rings (SSSR count). The van der Waals surface area contributed by atoms with Crippen molar-refractivity contribution in [1.29, 1.82) is 0 Å². The summed E-state index contributed by atoms with van der Waals surface area (Å²) in [5.41, 5.74) is 1.64. The van der Waals surface area contributed by atoms with Gasteiger partial charge in [-0.1, -0.05) is 54.2 Å². The van der Waals surface area contributed by atoms with Gasteiger partial charge < -0.3 is 5.32 Å². The van der Waals surface area contributed by atoms with Crippen LogP contribution in [0.1, 0.15) is 24.4 Å². The van der Waals surface area contributed by atoms with Crippen LogP contribution in [-0.2, 0) is 11.2 Å². The van der Waals surface area contributed by atoms with Crippen molar-refractivity contribution in [2.45, 2.75) is 30.5 Å². The van der Waals surface area contributed by atoms with Crippen molar-refractivity contribution in [2.24, 2.45) is 0 Å². The van der Waals surface area contributed by atoms with Gasteiger partial charge in [0.05, 0.1) is 11.3 Å². The van der Waals surface area contributed by atoms with E-state index in [1.54, 1.807) is 18.2 Å². The fraction of sp³-hybridized carbons (Fsp3) is 0.286. The second kappa shape index (κ2) is 8.56. The Bertz CT molecular complexity index is 956. The Morgan fingerprint density at radius 2 is 1.86 bits per heavy atom. The molecule has 28 heavy (non-hydrogen) atoms. The second-order valence-corrected chi connectivity index (χ2v) is 7.70. The molecule has 0 aliphatic heterocycles. The first-order valence-electron chi connectivity index (χ1n) is 9.35. The summed E-state index contributed by atoms with van der Waals surface area (Å²) in [7, 11) is 0. The van der Waals surface area contributed by atoms with Gasteiger partial charge in [-0.2, -0.15) is 0 Å². The van der Waals surface area contributed by atoms with E-state index in [1.807, 2.05) is 34.9 Å². The first-order chi connectivity index (χ1) is 13.7. The number of carbonyl (C=O) groups is 1. The number of benzene rings is 2. The Labute approximate surface area is 167 Å². The molecule has 2 aromatic carbocycles. The Morgan fingerprint density at radius 1 is 1.11 bits per heavy atom. The number of amides is 1. The van der Waals surface area contributed by atoms with Gasteiger partial charge >= 0.3 is 0 Å². The number of hydrogen-bond acceptors (Lipinski definition) is 4. The number of hydrogen-bond donors (Lipinski definition) is 1. The number of nitrogens with one attached hydrogen (secondary N) is 1. The SMILES string of the molecule is O=C(CSc1nnc(-c2ccccc2F)n1C1CC1)NCCc1ccccc1. The van der Waals surface area contributed by atoms with Gasteiger partial charge in [0.25, 0.3) is 0 Å². The van der Waals surface area contributed by atoms with Crippen molar-refractivity contribution in [1.82, 2.24) is 20.1 Å². The van der Waals surface area contributed by atoms with E-state index in [-0.39, 0.29) is 23.5 Å². The van der Waals surface area contributed by atoms with Crippen molar-refractivity contribution in [3.63, 3.8) is 0 Å². The number of rotatable bonds is 8. The fourth-order valence-corrected chi connectivity index (χ4v) is 3.87. The molecule has 1 aliphatic rings. The predicted octanol–water partition coefficient (Wildman–Crippen LogP) is 3.87. The topological polar surface area (TPSA) is 59.8 Å². The number of aromatic nitrogens is 3. The molecule has 1 amide bonds. The molecule has 1 aromatic heterocycles. The third-order valence-electron chi connectivity index (χ3n) is 4.60. The summed E-state index contributed by atoms with van der Waals surface area (Å²) >= 11 is 1.35. The lowest BCUT2D eigenvalue weighted by atomic mass is 10.1. The normalized spacial score (nSPS) is 13.5. The van der Waals surface area contributed by atoms with Crippen molar-refractivity contribution < 1.29 is 9.18 Å². The average molecular weight is 396 g/mol. The van der Waals surface area contributed by atoms with Crippen LogP contribution >= 0.6 is 11.8 Å². The van der Waals surface area contributed by atoms with Gasteiger partial charge in [-0.05, 0) is 37.0 Å². The molecule has 144 valence electrons. The molecule has 0 unspecified atom stereocenters. The third-order valence-corrected chi connectivity index (χ3v) is 5.55. The molecular formula is C21H21FN4OS. The summed E-state index contributed by atoms with van der Waals surface area (Å²) < 4.78 is 16.2. The minimum atomic E-state index is -0.313. The zero-order valence-electron chi connectivity index (χ0n) is 15.3. The quantitative estimate of drug-likeness (QED) is 0.587. The van der Waals surface area contributed by atoms with E-state index >= 15 is 0 Å². The highest BCUT2D eigenvalue weighted by Gasteiger charge is 2.31. The van der Waals surface area contributed by atoms with Crippen molar-refractivity contribution >= 4 is 17.7 Å². The number of halogens is 1. The molecule has 1 N–H and O–H groups in total. The van der Waals surface area contributed by atoms with Crippen LogP contribution in [0.4, 0.5) is 4.39 Å². The van der Waals surface area contributed by atoms with Crippen LogP contribution in [0.25, 0.3) is 11.4 Å². The van der Waals surface area contributed by atoms with Gasteiger partial charge in [0.1, 0.15) is 5.82 Å². The second-order valence-electron chi connectivity index (χ2n) is 6.76. The molecule has 0 saturated heterocycles. The summed E-state index contributed by atoms with van der Waals surface area (Å²) in [6.45, 7) is 0.596. The maximum Gasteiger partial charge on any atom is 0.230 e. The van der Waals surface area contributed by atoms with E-state index in [9.17, 15) is 9.18 Å². The zero-order valence-corrected chi connectivity index (χ0v) is 16.2. The summed E-state index contributed by atoms with van der Waals surface area (Å²) in [6.07, 6.45) is 2.85. The predicted molar refractivity (Wildman–Crippen MR) is 108 cm³/mol. The Morgan fingerprint density at radius 3 is 2.61 bits per heavy atom. The number of thioether (sulfide) groups is 1. The van der Waals surface area contributed by atoms with Gasteiger partial charge in [0, 0.05) is 12.6 Å². The summed E-state index contributed by atoms with van der Waals surface area (Å²) in [4.78, 5) is 12.2. The molecule has 7 heteroatoms. The maximum absolute atomic E-state index is 14.2. The van der Waals surface area contributed by atoms with Crippen LogP contribution in [0, 0.1) is 5.82 Å². The molecular weight excluding hydrogens is 375 g/mol. The molecule has 1 aliphatic carbocycles. The lowest BCUT2D eigenvalue weighted by Crippen LogP contribution is -2.27. The molecule has 5 nitrogen and oxygen atoms in total. The maximum atomic E-state index is 14.2. The summed E-state index contributed by atoms with van der Waals surface area (Å²) in [6, 6.07) is 16.9. The molecule has 0 spiro atoms. The first kappa shape index (κ1) is 18.7. The van der Waals surface area contributed by atoms with Crippen molar-refractivity contribution in [3.05, 3.63) is 66.0 Å². The van der Waals surface area contributed by atoms with E-state index < -0.39 is 0 Å². The molecule has 0 radical (unpaired) electrons. The van der Waals surface area contributed by atoms with Crippen LogP contribution in [0.5, 0.6) is 0 Å². The monoisotopic (exact) mass is 396 g/mol. The van der Waals surface area contributed by atoms with Crippen LogP contribution in [0.15, 0.2) is 59.8 Å². The molecule has 0 atom stereocenters. The summed E-state index contributed by atoms with van der Waals surface area (Å²) in [5, 5.41) is 12.0. The minimum Gasteiger partial charge on any atom is -0.355 e. The first-order valence-corrected chi connectivity index (χ1v) is 10.3. The highest BCUT2D eigenvalue weighted by Crippen LogP contribution is 2.41. The Balaban J connectivity index is 1.37. The van der Waals surface area contributed by atoms with Crippen LogP contribution < -0.4 is 5.32 Å². The van der Waals surface area contributed by atoms with E-state index in [1.165, 1.54) is 23.4 Å². The standard InChI is InChI=1S/C21H21FN4OS/c22-18-9-5-4-8-17(18)20-24-25-21(26(20)16-10-11-16)28-14-19(27)23-13-12-15-6-2-1-3-7-15/h1-9,16H,10-14H2,(H,23,27). The van der Waals surface area contributed by atoms with Crippen LogP contribution in [-0.4, -0.2) is 33.0 Å². The summed E-state index contributed by atoms with van der Waals surface area (Å²) in [5.74, 6) is 0.440. The molecule has 1 heterocycles. The molecule has 1 fully saturated rings. The van der Waals surface area contributed by atoms with Gasteiger partial charge in [-0.3, -0.25) is 9.36 Å². The molecule has 3 aromatic rings. The highest BCUT2D eigenvalue weighted by molar-refractivity contribution is 7.99. The lowest BCUT2D eigenvalue weighted by Gasteiger charge is -2.09. The van der Waals surface area contributed by atoms with Crippen molar-refractivity contribution in [3.8, 4) is 11.4 Å². The number of carbonyl (C=O) groups excluding carboxylic acids is 1. The Kier molecular flexibility index (Phi) is 5.71. The largest absolute Gasteiger partial charge is 0.355 e. The van der Waals surface area contributed by atoms with E-state index in [2.05, 4.69) is 15.5 Å². The van der Waals surface area contributed by atoms with E-state index in [0.717, 1.165) is 19.3 Å². The molecule has 0 bridgehead atoms. The van der Waals surface area contributed by atoms with E-state index in [0.29, 0.717) is 23.1 Å². The smallest absolute Gasteiger partial charge is 0.230 e. The van der Waals surface area contributed by atoms with Crippen LogP contribution in [0.2, 0.25) is 0 Å². The third kappa shape index (κ3) is 4.42. The molecule has 1 saturated carbocycles. The minimum absolute atomic E-state index is 0.0429. The highest BCUT2D eigenvalue weighted by atomic mass is 32.2. The fourth-order valence-electron chi connectivity index (χ4n) is 3.04. The Hall–Kier alpha value is -2.67. The lowest BCUT2D eigenvalue weighted by molar-refractivity contribution is -0.118. The van der Waals surface area contributed by atoms with Crippen molar-refractivity contribution in [2.75, 3.05) is 12.3 Å². The average Bonchev–Trinajstić information content (AvgIpc) is 3.47. The van der Waals surface area contributed by atoms with Gasteiger partial charge in [0.15, 0.2) is 11.0 Å². The van der Waals surface area contributed by atoms with Gasteiger partial charge in [0.2, 0.25) is 5.91 Å². The van der Waals surface area contributed by atoms with E-state index in [4.69, 9.17) is 0 Å². The van der Waals surface area contributed by atoms with Gasteiger partial charge in [-0.15, -0.1) is 10.2 Å². The number of nitrogens with zero attached hydrogens (tertiary/aromatic N) is 3.